The topological polar surface area (TPSA) is 41.1 Å². The minimum Gasteiger partial charge on any atom is -0.352 e. The van der Waals surface area contributed by atoms with Gasteiger partial charge in [-0.05, 0) is 24.1 Å². The van der Waals surface area contributed by atoms with Crippen molar-refractivity contribution in [2.24, 2.45) is 0 Å². The second kappa shape index (κ2) is 5.71. The van der Waals surface area contributed by atoms with Crippen LogP contribution < -0.4 is 10.6 Å². The standard InChI is InChI=1S/C12H14Cl2N2O/c13-10-3-1-8(5-11(10)14)6-15-7-9-2-4-12(17)16-9/h1,3,5,9,15H,2,4,6-7H2,(H,16,17). The van der Waals surface area contributed by atoms with Crippen molar-refractivity contribution in [3.63, 3.8) is 0 Å². The number of hydrogen-bond donors (Lipinski definition) is 2. The molecule has 1 saturated heterocycles. The number of carbonyl (C=O) groups is 1. The van der Waals surface area contributed by atoms with E-state index in [-0.39, 0.29) is 11.9 Å². The fraction of sp³-hybridized carbons (Fsp3) is 0.417. The molecule has 5 heteroatoms. The summed E-state index contributed by atoms with van der Waals surface area (Å²) in [7, 11) is 0. The molecule has 1 aliphatic heterocycles. The summed E-state index contributed by atoms with van der Waals surface area (Å²) in [4.78, 5) is 11.0. The van der Waals surface area contributed by atoms with Crippen LogP contribution in [0.15, 0.2) is 18.2 Å². The Morgan fingerprint density at radius 1 is 1.35 bits per heavy atom. The molecule has 17 heavy (non-hydrogen) atoms. The Morgan fingerprint density at radius 3 is 2.82 bits per heavy atom. The van der Waals surface area contributed by atoms with Crippen molar-refractivity contribution in [3.8, 4) is 0 Å². The summed E-state index contributed by atoms with van der Waals surface area (Å²) in [5, 5.41) is 7.34. The fourth-order valence-electron chi connectivity index (χ4n) is 1.87. The predicted octanol–water partition coefficient (Wildman–Crippen LogP) is 2.36. The van der Waals surface area contributed by atoms with Gasteiger partial charge in [0.05, 0.1) is 10.0 Å². The smallest absolute Gasteiger partial charge is 0.220 e. The summed E-state index contributed by atoms with van der Waals surface area (Å²) < 4.78 is 0. The maximum Gasteiger partial charge on any atom is 0.220 e. The third-order valence-corrected chi connectivity index (χ3v) is 3.53. The maximum absolute atomic E-state index is 11.0. The first-order valence-electron chi connectivity index (χ1n) is 5.59. The Labute approximate surface area is 110 Å². The van der Waals surface area contributed by atoms with Gasteiger partial charge >= 0.3 is 0 Å². The van der Waals surface area contributed by atoms with Gasteiger partial charge in [0.1, 0.15) is 0 Å². The molecule has 2 N–H and O–H groups in total. The highest BCUT2D eigenvalue weighted by Crippen LogP contribution is 2.22. The van der Waals surface area contributed by atoms with E-state index in [0.717, 1.165) is 25.1 Å². The van der Waals surface area contributed by atoms with Crippen LogP contribution in [-0.2, 0) is 11.3 Å². The molecular formula is C12H14Cl2N2O. The first-order chi connectivity index (χ1) is 8.15. The number of carbonyl (C=O) groups excluding carboxylic acids is 1. The summed E-state index contributed by atoms with van der Waals surface area (Å²) in [6.07, 6.45) is 1.55. The molecule has 0 spiro atoms. The molecule has 1 fully saturated rings. The van der Waals surface area contributed by atoms with Gasteiger partial charge in [-0.3, -0.25) is 4.79 Å². The Morgan fingerprint density at radius 2 is 2.18 bits per heavy atom. The largest absolute Gasteiger partial charge is 0.352 e. The number of rotatable bonds is 4. The Bertz CT molecular complexity index is 423. The van der Waals surface area contributed by atoms with Crippen molar-refractivity contribution in [2.45, 2.75) is 25.4 Å². The highest BCUT2D eigenvalue weighted by Gasteiger charge is 2.19. The summed E-state index contributed by atoms with van der Waals surface area (Å²) in [6, 6.07) is 5.84. The first-order valence-corrected chi connectivity index (χ1v) is 6.35. The van der Waals surface area contributed by atoms with E-state index in [2.05, 4.69) is 10.6 Å². The van der Waals surface area contributed by atoms with Crippen LogP contribution in [0.4, 0.5) is 0 Å². The van der Waals surface area contributed by atoms with Crippen molar-refractivity contribution in [1.82, 2.24) is 10.6 Å². The van der Waals surface area contributed by atoms with E-state index in [1.165, 1.54) is 0 Å². The second-order valence-corrected chi connectivity index (χ2v) is 5.00. The molecule has 1 atom stereocenters. The van der Waals surface area contributed by atoms with Crippen LogP contribution in [0.25, 0.3) is 0 Å². The molecule has 0 radical (unpaired) electrons. The minimum absolute atomic E-state index is 0.145. The second-order valence-electron chi connectivity index (χ2n) is 4.18. The summed E-state index contributed by atoms with van der Waals surface area (Å²) in [5.41, 5.74) is 1.09. The average Bonchev–Trinajstić information content (AvgIpc) is 2.70. The van der Waals surface area contributed by atoms with E-state index < -0.39 is 0 Å². The first kappa shape index (κ1) is 12.7. The highest BCUT2D eigenvalue weighted by molar-refractivity contribution is 6.42. The van der Waals surface area contributed by atoms with Crippen LogP contribution >= 0.6 is 23.2 Å². The fourth-order valence-corrected chi connectivity index (χ4v) is 2.19. The molecule has 92 valence electrons. The van der Waals surface area contributed by atoms with E-state index in [9.17, 15) is 4.79 Å². The predicted molar refractivity (Wildman–Crippen MR) is 69.3 cm³/mol. The van der Waals surface area contributed by atoms with Gasteiger partial charge < -0.3 is 10.6 Å². The molecule has 1 heterocycles. The van der Waals surface area contributed by atoms with Crippen molar-refractivity contribution < 1.29 is 4.79 Å². The molecule has 0 saturated carbocycles. The molecule has 1 aliphatic rings. The van der Waals surface area contributed by atoms with Crippen LogP contribution in [0.1, 0.15) is 18.4 Å². The van der Waals surface area contributed by atoms with Crippen LogP contribution in [-0.4, -0.2) is 18.5 Å². The Kier molecular flexibility index (Phi) is 4.26. The lowest BCUT2D eigenvalue weighted by atomic mass is 10.2. The zero-order chi connectivity index (χ0) is 12.3. The average molecular weight is 273 g/mol. The number of halogens is 2. The van der Waals surface area contributed by atoms with Crippen molar-refractivity contribution in [2.75, 3.05) is 6.54 Å². The molecule has 2 rings (SSSR count). The molecule has 0 aromatic heterocycles. The van der Waals surface area contributed by atoms with Crippen molar-refractivity contribution in [3.05, 3.63) is 33.8 Å². The van der Waals surface area contributed by atoms with Gasteiger partial charge in [-0.2, -0.15) is 0 Å². The monoisotopic (exact) mass is 272 g/mol. The van der Waals surface area contributed by atoms with Gasteiger partial charge in [-0.25, -0.2) is 0 Å². The summed E-state index contributed by atoms with van der Waals surface area (Å²) >= 11 is 11.8. The maximum atomic E-state index is 11.0. The number of hydrogen-bond acceptors (Lipinski definition) is 2. The molecule has 1 amide bonds. The molecular weight excluding hydrogens is 259 g/mol. The summed E-state index contributed by atoms with van der Waals surface area (Å²) in [5.74, 6) is 0.145. The van der Waals surface area contributed by atoms with E-state index >= 15 is 0 Å². The van der Waals surface area contributed by atoms with Crippen molar-refractivity contribution >= 4 is 29.1 Å². The van der Waals surface area contributed by atoms with E-state index in [0.29, 0.717) is 16.5 Å². The molecule has 0 bridgehead atoms. The van der Waals surface area contributed by atoms with E-state index in [4.69, 9.17) is 23.2 Å². The van der Waals surface area contributed by atoms with Crippen LogP contribution in [0, 0.1) is 0 Å². The molecule has 1 unspecified atom stereocenters. The Balaban J connectivity index is 1.78. The van der Waals surface area contributed by atoms with E-state index in [1.54, 1.807) is 6.07 Å². The normalized spacial score (nSPS) is 19.4. The third-order valence-electron chi connectivity index (χ3n) is 2.79. The van der Waals surface area contributed by atoms with Gasteiger partial charge in [-0.15, -0.1) is 0 Å². The van der Waals surface area contributed by atoms with Crippen LogP contribution in [0.5, 0.6) is 0 Å². The lowest BCUT2D eigenvalue weighted by Crippen LogP contribution is -2.35. The zero-order valence-electron chi connectivity index (χ0n) is 9.30. The quantitative estimate of drug-likeness (QED) is 0.884. The highest BCUT2D eigenvalue weighted by atomic mass is 35.5. The van der Waals surface area contributed by atoms with Gasteiger partial charge in [-0.1, -0.05) is 29.3 Å². The number of amides is 1. The number of nitrogens with one attached hydrogen (secondary N) is 2. The lowest BCUT2D eigenvalue weighted by molar-refractivity contribution is -0.119. The van der Waals surface area contributed by atoms with Crippen LogP contribution in [0.3, 0.4) is 0 Å². The van der Waals surface area contributed by atoms with Gasteiger partial charge in [0, 0.05) is 25.6 Å². The van der Waals surface area contributed by atoms with Crippen molar-refractivity contribution in [1.29, 1.82) is 0 Å². The molecule has 3 nitrogen and oxygen atoms in total. The van der Waals surface area contributed by atoms with E-state index in [1.807, 2.05) is 12.1 Å². The molecule has 1 aromatic carbocycles. The SMILES string of the molecule is O=C1CCC(CNCc2ccc(Cl)c(Cl)c2)N1. The lowest BCUT2D eigenvalue weighted by Gasteiger charge is -2.11. The van der Waals surface area contributed by atoms with Gasteiger partial charge in [0.2, 0.25) is 5.91 Å². The van der Waals surface area contributed by atoms with Gasteiger partial charge in [0.25, 0.3) is 0 Å². The summed E-state index contributed by atoms with van der Waals surface area (Å²) in [6.45, 7) is 1.51. The van der Waals surface area contributed by atoms with Gasteiger partial charge in [0.15, 0.2) is 0 Å². The molecule has 1 aromatic rings. The van der Waals surface area contributed by atoms with Crippen LogP contribution in [0.2, 0.25) is 10.0 Å². The zero-order valence-corrected chi connectivity index (χ0v) is 10.8. The third kappa shape index (κ3) is 3.60. The minimum atomic E-state index is 0.145. The number of benzene rings is 1. The Hall–Kier alpha value is -0.770. The molecule has 0 aliphatic carbocycles.